The van der Waals surface area contributed by atoms with Gasteiger partial charge in [0, 0.05) is 25.3 Å². The Morgan fingerprint density at radius 1 is 1.39 bits per heavy atom. The number of hydrogen-bond acceptors (Lipinski definition) is 2. The predicted octanol–water partition coefficient (Wildman–Crippen LogP) is 2.45. The van der Waals surface area contributed by atoms with Gasteiger partial charge in [-0.25, -0.2) is 0 Å². The molecule has 0 bridgehead atoms. The van der Waals surface area contributed by atoms with Crippen LogP contribution in [0.5, 0.6) is 0 Å². The number of rotatable bonds is 7. The average molecular weight is 272 g/mol. The van der Waals surface area contributed by atoms with Gasteiger partial charge in [-0.3, -0.25) is 4.79 Å². The van der Waals surface area contributed by atoms with Crippen LogP contribution >= 0.6 is 11.6 Å². The Balaban J connectivity index is 2.51. The van der Waals surface area contributed by atoms with Crippen molar-refractivity contribution in [2.75, 3.05) is 19.6 Å². The molecule has 4 nitrogen and oxygen atoms in total. The normalized spacial score (nSPS) is 10.9. The lowest BCUT2D eigenvalue weighted by molar-refractivity contribution is 0.0943. The van der Waals surface area contributed by atoms with E-state index < -0.39 is 0 Å². The van der Waals surface area contributed by atoms with Crippen molar-refractivity contribution in [3.8, 4) is 0 Å². The van der Waals surface area contributed by atoms with Crippen LogP contribution in [0, 0.1) is 0 Å². The number of halogens is 1. The number of nitrogens with one attached hydrogen (secondary N) is 2. The molecule has 0 saturated carbocycles. The van der Waals surface area contributed by atoms with E-state index in [1.54, 1.807) is 12.3 Å². The molecule has 102 valence electrons. The van der Waals surface area contributed by atoms with Crippen LogP contribution in [0.3, 0.4) is 0 Å². The summed E-state index contributed by atoms with van der Waals surface area (Å²) in [5.41, 5.74) is 0.616. The molecule has 0 aliphatic rings. The number of hydrogen-bond donors (Lipinski definition) is 2. The maximum atomic E-state index is 12.0. The van der Waals surface area contributed by atoms with Gasteiger partial charge < -0.3 is 15.2 Å². The summed E-state index contributed by atoms with van der Waals surface area (Å²) in [7, 11) is 0. The van der Waals surface area contributed by atoms with E-state index in [0.717, 1.165) is 19.5 Å². The molecule has 18 heavy (non-hydrogen) atoms. The van der Waals surface area contributed by atoms with Gasteiger partial charge in [0.05, 0.1) is 5.02 Å². The van der Waals surface area contributed by atoms with Crippen molar-refractivity contribution in [1.82, 2.24) is 15.2 Å². The monoisotopic (exact) mass is 271 g/mol. The van der Waals surface area contributed by atoms with Crippen molar-refractivity contribution >= 4 is 17.5 Å². The minimum atomic E-state index is -0.0751. The number of amides is 1. The van der Waals surface area contributed by atoms with Gasteiger partial charge in [-0.1, -0.05) is 18.5 Å². The molecule has 1 amide bonds. The molecule has 0 spiro atoms. The fourth-order valence-corrected chi connectivity index (χ4v) is 1.92. The fourth-order valence-electron chi connectivity index (χ4n) is 1.71. The third-order valence-corrected chi connectivity index (χ3v) is 2.82. The van der Waals surface area contributed by atoms with Gasteiger partial charge in [-0.2, -0.15) is 0 Å². The van der Waals surface area contributed by atoms with Crippen molar-refractivity contribution in [1.29, 1.82) is 0 Å². The summed E-state index contributed by atoms with van der Waals surface area (Å²) in [6, 6.07) is 1.92. The minimum absolute atomic E-state index is 0.0751. The van der Waals surface area contributed by atoms with Crippen LogP contribution in [0.15, 0.2) is 12.3 Å². The smallest absolute Gasteiger partial charge is 0.268 e. The zero-order valence-corrected chi connectivity index (χ0v) is 12.0. The third kappa shape index (κ3) is 4.35. The van der Waals surface area contributed by atoms with E-state index in [-0.39, 0.29) is 11.9 Å². The fraction of sp³-hybridized carbons (Fsp3) is 0.615. The van der Waals surface area contributed by atoms with Crippen LogP contribution in [-0.4, -0.2) is 30.1 Å². The van der Waals surface area contributed by atoms with Gasteiger partial charge in [0.25, 0.3) is 5.91 Å². The highest BCUT2D eigenvalue weighted by molar-refractivity contribution is 6.31. The summed E-state index contributed by atoms with van der Waals surface area (Å²) in [6.45, 7) is 8.55. The van der Waals surface area contributed by atoms with Gasteiger partial charge in [0.15, 0.2) is 0 Å². The number of carbonyl (C=O) groups is 1. The van der Waals surface area contributed by atoms with E-state index in [4.69, 9.17) is 11.6 Å². The highest BCUT2D eigenvalue weighted by Gasteiger charge is 2.14. The molecule has 1 aromatic rings. The molecule has 0 aromatic carbocycles. The Morgan fingerprint density at radius 3 is 2.72 bits per heavy atom. The standard InChI is InChI=1S/C13H22ClN3O/c1-4-5-15-6-7-16-13(18)12-8-11(14)9-17(12)10(2)3/h8-10,15H,4-7H2,1-3H3,(H,16,18). The van der Waals surface area contributed by atoms with Crippen molar-refractivity contribution in [3.63, 3.8) is 0 Å². The predicted molar refractivity (Wildman–Crippen MR) is 75.3 cm³/mol. The van der Waals surface area contributed by atoms with Crippen LogP contribution in [0.4, 0.5) is 0 Å². The van der Waals surface area contributed by atoms with E-state index in [1.165, 1.54) is 0 Å². The van der Waals surface area contributed by atoms with Crippen molar-refractivity contribution in [2.24, 2.45) is 0 Å². The van der Waals surface area contributed by atoms with Crippen molar-refractivity contribution in [3.05, 3.63) is 23.0 Å². The van der Waals surface area contributed by atoms with Gasteiger partial charge >= 0.3 is 0 Å². The van der Waals surface area contributed by atoms with Crippen LogP contribution in [0.25, 0.3) is 0 Å². The van der Waals surface area contributed by atoms with Crippen molar-refractivity contribution in [2.45, 2.75) is 33.2 Å². The first kappa shape index (κ1) is 15.1. The van der Waals surface area contributed by atoms with Crippen LogP contribution in [0.2, 0.25) is 5.02 Å². The summed E-state index contributed by atoms with van der Waals surface area (Å²) < 4.78 is 1.89. The molecule has 2 N–H and O–H groups in total. The summed E-state index contributed by atoms with van der Waals surface area (Å²) in [4.78, 5) is 12.0. The van der Waals surface area contributed by atoms with Gasteiger partial charge in [-0.15, -0.1) is 0 Å². The molecule has 0 radical (unpaired) electrons. The largest absolute Gasteiger partial charge is 0.349 e. The molecular weight excluding hydrogens is 250 g/mol. The first-order chi connectivity index (χ1) is 8.56. The molecule has 0 aliphatic heterocycles. The Labute approximate surface area is 114 Å². The van der Waals surface area contributed by atoms with Gasteiger partial charge in [0.2, 0.25) is 0 Å². The average Bonchev–Trinajstić information content (AvgIpc) is 2.71. The molecule has 1 rings (SSSR count). The zero-order chi connectivity index (χ0) is 13.5. The Morgan fingerprint density at radius 2 is 2.11 bits per heavy atom. The highest BCUT2D eigenvalue weighted by Crippen LogP contribution is 2.18. The maximum Gasteiger partial charge on any atom is 0.268 e. The molecule has 1 heterocycles. The van der Waals surface area contributed by atoms with Crippen LogP contribution < -0.4 is 10.6 Å². The maximum absolute atomic E-state index is 12.0. The van der Waals surface area contributed by atoms with E-state index in [9.17, 15) is 4.79 Å². The molecule has 0 saturated heterocycles. The molecule has 0 fully saturated rings. The Kier molecular flexibility index (Phi) is 6.22. The zero-order valence-electron chi connectivity index (χ0n) is 11.3. The quantitative estimate of drug-likeness (QED) is 0.749. The molecule has 0 aliphatic carbocycles. The first-order valence-corrected chi connectivity index (χ1v) is 6.80. The molecular formula is C13H22ClN3O. The molecule has 0 atom stereocenters. The van der Waals surface area contributed by atoms with E-state index >= 15 is 0 Å². The lowest BCUT2D eigenvalue weighted by Crippen LogP contribution is -2.33. The number of nitrogens with zero attached hydrogens (tertiary/aromatic N) is 1. The first-order valence-electron chi connectivity index (χ1n) is 6.42. The van der Waals surface area contributed by atoms with Crippen LogP contribution in [0.1, 0.15) is 43.7 Å². The Bertz CT molecular complexity index is 388. The van der Waals surface area contributed by atoms with E-state index in [1.807, 2.05) is 18.4 Å². The van der Waals surface area contributed by atoms with Crippen LogP contribution in [-0.2, 0) is 0 Å². The second-order valence-corrected chi connectivity index (χ2v) is 4.99. The van der Waals surface area contributed by atoms with Gasteiger partial charge in [0.1, 0.15) is 5.69 Å². The van der Waals surface area contributed by atoms with Gasteiger partial charge in [-0.05, 0) is 32.9 Å². The lowest BCUT2D eigenvalue weighted by atomic mass is 10.3. The molecule has 0 unspecified atom stereocenters. The SMILES string of the molecule is CCCNCCNC(=O)c1cc(Cl)cn1C(C)C. The summed E-state index contributed by atoms with van der Waals surface area (Å²) in [6.07, 6.45) is 2.89. The highest BCUT2D eigenvalue weighted by atomic mass is 35.5. The lowest BCUT2D eigenvalue weighted by Gasteiger charge is -2.12. The van der Waals surface area contributed by atoms with E-state index in [0.29, 0.717) is 17.3 Å². The summed E-state index contributed by atoms with van der Waals surface area (Å²) >= 11 is 5.94. The topological polar surface area (TPSA) is 46.1 Å². The summed E-state index contributed by atoms with van der Waals surface area (Å²) in [5, 5.41) is 6.72. The molecule has 1 aromatic heterocycles. The Hall–Kier alpha value is -1.00. The van der Waals surface area contributed by atoms with Crippen molar-refractivity contribution < 1.29 is 4.79 Å². The number of aromatic nitrogens is 1. The number of carbonyl (C=O) groups excluding carboxylic acids is 1. The third-order valence-electron chi connectivity index (χ3n) is 2.62. The van der Waals surface area contributed by atoms with E-state index in [2.05, 4.69) is 17.6 Å². The minimum Gasteiger partial charge on any atom is -0.349 e. The molecule has 5 heteroatoms. The summed E-state index contributed by atoms with van der Waals surface area (Å²) in [5.74, 6) is -0.0751. The second-order valence-electron chi connectivity index (χ2n) is 4.55. The second kappa shape index (κ2) is 7.44.